The van der Waals surface area contributed by atoms with Crippen LogP contribution in [0.15, 0.2) is 11.4 Å². The van der Waals surface area contributed by atoms with E-state index in [1.807, 2.05) is 6.07 Å². The third-order valence-electron chi connectivity index (χ3n) is 4.26. The standard InChI is InChI=1S/C14H24N2OS/c1-3-10-6-4-5-7-11(10)13(16-15)14-12(17-2)8-9-18-14/h8-11,13,16H,3-7,15H2,1-2H3. The first-order valence-electron chi connectivity index (χ1n) is 6.89. The minimum Gasteiger partial charge on any atom is -0.496 e. The summed E-state index contributed by atoms with van der Waals surface area (Å²) in [5.74, 6) is 8.24. The van der Waals surface area contributed by atoms with Gasteiger partial charge in [0.25, 0.3) is 0 Å². The number of hydrogen-bond donors (Lipinski definition) is 2. The Morgan fingerprint density at radius 2 is 2.28 bits per heavy atom. The topological polar surface area (TPSA) is 47.3 Å². The summed E-state index contributed by atoms with van der Waals surface area (Å²) in [5, 5.41) is 2.09. The minimum atomic E-state index is 0.241. The largest absolute Gasteiger partial charge is 0.496 e. The van der Waals surface area contributed by atoms with E-state index in [2.05, 4.69) is 17.7 Å². The van der Waals surface area contributed by atoms with Crippen LogP contribution in [0, 0.1) is 11.8 Å². The van der Waals surface area contributed by atoms with Crippen molar-refractivity contribution < 1.29 is 4.74 Å². The molecule has 3 nitrogen and oxygen atoms in total. The highest BCUT2D eigenvalue weighted by atomic mass is 32.1. The highest BCUT2D eigenvalue weighted by Gasteiger charge is 2.33. The Morgan fingerprint density at radius 3 is 2.94 bits per heavy atom. The molecule has 18 heavy (non-hydrogen) atoms. The number of nitrogens with two attached hydrogens (primary N) is 1. The van der Waals surface area contributed by atoms with Gasteiger partial charge in [-0.25, -0.2) is 0 Å². The van der Waals surface area contributed by atoms with E-state index < -0.39 is 0 Å². The molecule has 4 heteroatoms. The lowest BCUT2D eigenvalue weighted by Crippen LogP contribution is -2.37. The van der Waals surface area contributed by atoms with Crippen LogP contribution in [0.4, 0.5) is 0 Å². The second-order valence-electron chi connectivity index (χ2n) is 5.11. The van der Waals surface area contributed by atoms with E-state index in [1.54, 1.807) is 18.4 Å². The molecule has 0 aliphatic heterocycles. The Hall–Kier alpha value is -0.580. The second-order valence-corrected chi connectivity index (χ2v) is 6.06. The van der Waals surface area contributed by atoms with Crippen LogP contribution in [0.2, 0.25) is 0 Å². The predicted octanol–water partition coefficient (Wildman–Crippen LogP) is 3.48. The molecule has 1 aromatic rings. The van der Waals surface area contributed by atoms with Gasteiger partial charge in [0.2, 0.25) is 0 Å². The van der Waals surface area contributed by atoms with Gasteiger partial charge < -0.3 is 4.74 Å². The Morgan fingerprint density at radius 1 is 1.50 bits per heavy atom. The first kappa shape index (κ1) is 13.8. The Balaban J connectivity index is 2.21. The molecule has 1 fully saturated rings. The molecule has 0 bridgehead atoms. The highest BCUT2D eigenvalue weighted by molar-refractivity contribution is 7.10. The third-order valence-corrected chi connectivity index (χ3v) is 5.24. The molecule has 2 rings (SSSR count). The Kier molecular flexibility index (Phi) is 5.03. The monoisotopic (exact) mass is 268 g/mol. The fourth-order valence-electron chi connectivity index (χ4n) is 3.28. The molecule has 0 amide bonds. The predicted molar refractivity (Wildman–Crippen MR) is 76.7 cm³/mol. The van der Waals surface area contributed by atoms with Gasteiger partial charge >= 0.3 is 0 Å². The summed E-state index contributed by atoms with van der Waals surface area (Å²) in [6.07, 6.45) is 6.55. The summed E-state index contributed by atoms with van der Waals surface area (Å²) >= 11 is 1.75. The molecule has 1 aliphatic rings. The van der Waals surface area contributed by atoms with E-state index in [4.69, 9.17) is 10.6 Å². The van der Waals surface area contributed by atoms with Gasteiger partial charge in [0.1, 0.15) is 5.75 Å². The van der Waals surface area contributed by atoms with Crippen molar-refractivity contribution >= 4 is 11.3 Å². The van der Waals surface area contributed by atoms with E-state index in [0.717, 1.165) is 11.7 Å². The van der Waals surface area contributed by atoms with Gasteiger partial charge in [0, 0.05) is 0 Å². The number of methoxy groups -OCH3 is 1. The highest BCUT2D eigenvalue weighted by Crippen LogP contribution is 2.43. The second kappa shape index (κ2) is 6.55. The maximum Gasteiger partial charge on any atom is 0.134 e. The van der Waals surface area contributed by atoms with Crippen LogP contribution in [-0.4, -0.2) is 7.11 Å². The molecule has 0 spiro atoms. The quantitative estimate of drug-likeness (QED) is 0.635. The molecule has 1 saturated carbocycles. The lowest BCUT2D eigenvalue weighted by Gasteiger charge is -2.36. The number of ether oxygens (including phenoxy) is 1. The van der Waals surface area contributed by atoms with Crippen LogP contribution >= 0.6 is 11.3 Å². The van der Waals surface area contributed by atoms with Crippen molar-refractivity contribution in [2.45, 2.75) is 45.1 Å². The number of hydrazine groups is 1. The van der Waals surface area contributed by atoms with Crippen LogP contribution in [0.3, 0.4) is 0 Å². The first-order valence-corrected chi connectivity index (χ1v) is 7.77. The zero-order chi connectivity index (χ0) is 13.0. The molecule has 0 saturated heterocycles. The number of rotatable bonds is 5. The normalized spacial score (nSPS) is 25.9. The van der Waals surface area contributed by atoms with Gasteiger partial charge in [-0.05, 0) is 29.7 Å². The van der Waals surface area contributed by atoms with E-state index in [9.17, 15) is 0 Å². The number of hydrogen-bond acceptors (Lipinski definition) is 4. The molecule has 0 aromatic carbocycles. The molecule has 3 unspecified atom stereocenters. The summed E-state index contributed by atoms with van der Waals surface area (Å²) in [6.45, 7) is 2.29. The average molecular weight is 268 g/mol. The van der Waals surface area contributed by atoms with Gasteiger partial charge in [0.05, 0.1) is 18.0 Å². The molecule has 1 heterocycles. The minimum absolute atomic E-state index is 0.241. The number of thiophene rings is 1. The summed E-state index contributed by atoms with van der Waals surface area (Å²) < 4.78 is 5.44. The Bertz CT molecular complexity index is 366. The van der Waals surface area contributed by atoms with Gasteiger partial charge in [-0.2, -0.15) is 0 Å². The molecule has 3 N–H and O–H groups in total. The van der Waals surface area contributed by atoms with Gasteiger partial charge in [0.15, 0.2) is 0 Å². The molecule has 1 aliphatic carbocycles. The smallest absolute Gasteiger partial charge is 0.134 e. The van der Waals surface area contributed by atoms with Gasteiger partial charge in [-0.3, -0.25) is 11.3 Å². The summed E-state index contributed by atoms with van der Waals surface area (Å²) in [6, 6.07) is 2.28. The molecule has 102 valence electrons. The fourth-order valence-corrected chi connectivity index (χ4v) is 4.28. The van der Waals surface area contributed by atoms with Crippen molar-refractivity contribution in [2.75, 3.05) is 7.11 Å². The summed E-state index contributed by atoms with van der Waals surface area (Å²) in [4.78, 5) is 1.25. The van der Waals surface area contributed by atoms with Gasteiger partial charge in [-0.1, -0.05) is 32.6 Å². The van der Waals surface area contributed by atoms with E-state index >= 15 is 0 Å². The van der Waals surface area contributed by atoms with E-state index in [0.29, 0.717) is 5.92 Å². The SMILES string of the molecule is CCC1CCCCC1C(NN)c1sccc1OC. The molecular weight excluding hydrogens is 244 g/mol. The zero-order valence-corrected chi connectivity index (χ0v) is 12.1. The van der Waals surface area contributed by atoms with Crippen molar-refractivity contribution in [3.63, 3.8) is 0 Å². The maximum atomic E-state index is 5.84. The summed E-state index contributed by atoms with van der Waals surface area (Å²) in [7, 11) is 1.73. The lowest BCUT2D eigenvalue weighted by atomic mass is 9.74. The van der Waals surface area contributed by atoms with E-state index in [-0.39, 0.29) is 6.04 Å². The Labute approximate surface area is 114 Å². The fraction of sp³-hybridized carbons (Fsp3) is 0.714. The third kappa shape index (κ3) is 2.71. The van der Waals surface area contributed by atoms with Crippen molar-refractivity contribution in [2.24, 2.45) is 17.7 Å². The zero-order valence-electron chi connectivity index (χ0n) is 11.3. The van der Waals surface area contributed by atoms with Gasteiger partial charge in [-0.15, -0.1) is 11.3 Å². The van der Waals surface area contributed by atoms with Crippen molar-refractivity contribution in [1.29, 1.82) is 0 Å². The van der Waals surface area contributed by atoms with Crippen LogP contribution in [0.25, 0.3) is 0 Å². The van der Waals surface area contributed by atoms with Crippen LogP contribution in [0.5, 0.6) is 5.75 Å². The van der Waals surface area contributed by atoms with Crippen molar-refractivity contribution in [3.8, 4) is 5.75 Å². The molecular formula is C14H24N2OS. The van der Waals surface area contributed by atoms with E-state index in [1.165, 1.54) is 37.0 Å². The van der Waals surface area contributed by atoms with Crippen LogP contribution in [0.1, 0.15) is 49.9 Å². The lowest BCUT2D eigenvalue weighted by molar-refractivity contribution is 0.176. The number of nitrogens with one attached hydrogen (secondary N) is 1. The van der Waals surface area contributed by atoms with Crippen LogP contribution < -0.4 is 16.0 Å². The molecule has 0 radical (unpaired) electrons. The first-order chi connectivity index (χ1) is 8.81. The summed E-state index contributed by atoms with van der Waals surface area (Å²) in [5.41, 5.74) is 3.04. The maximum absolute atomic E-state index is 5.84. The average Bonchev–Trinajstić information content (AvgIpc) is 2.88. The van der Waals surface area contributed by atoms with Crippen molar-refractivity contribution in [3.05, 3.63) is 16.3 Å². The molecule has 1 aromatic heterocycles. The molecule has 3 atom stereocenters. The van der Waals surface area contributed by atoms with Crippen molar-refractivity contribution in [1.82, 2.24) is 5.43 Å². The van der Waals surface area contributed by atoms with Crippen LogP contribution in [-0.2, 0) is 0 Å².